The lowest BCUT2D eigenvalue weighted by molar-refractivity contribution is -0.898. The van der Waals surface area contributed by atoms with E-state index in [9.17, 15) is 4.79 Å². The SMILES string of the molecule is C=CC[NH+]1CCN(C(=O)c2csc3ccccc23)CC1. The van der Waals surface area contributed by atoms with Gasteiger partial charge in [-0.25, -0.2) is 0 Å². The molecule has 4 heteroatoms. The zero-order valence-electron chi connectivity index (χ0n) is 11.5. The van der Waals surface area contributed by atoms with Crippen molar-refractivity contribution >= 4 is 27.3 Å². The molecule has 1 N–H and O–H groups in total. The summed E-state index contributed by atoms with van der Waals surface area (Å²) in [6.07, 6.45) is 1.96. The quantitative estimate of drug-likeness (QED) is 0.849. The third-order valence-electron chi connectivity index (χ3n) is 3.90. The number of hydrogen-bond acceptors (Lipinski definition) is 2. The van der Waals surface area contributed by atoms with E-state index in [2.05, 4.69) is 12.6 Å². The minimum absolute atomic E-state index is 0.181. The monoisotopic (exact) mass is 287 g/mol. The fourth-order valence-electron chi connectivity index (χ4n) is 2.75. The topological polar surface area (TPSA) is 24.8 Å². The number of carbonyl (C=O) groups excluding carboxylic acids is 1. The maximum Gasteiger partial charge on any atom is 0.255 e. The molecular formula is C16H19N2OS+. The Bertz CT molecular complexity index is 626. The van der Waals surface area contributed by atoms with Gasteiger partial charge in [0.1, 0.15) is 0 Å². The maximum absolute atomic E-state index is 12.6. The second kappa shape index (κ2) is 5.77. The molecule has 0 atom stereocenters. The van der Waals surface area contributed by atoms with E-state index >= 15 is 0 Å². The molecule has 2 heterocycles. The Morgan fingerprint density at radius 1 is 1.35 bits per heavy atom. The van der Waals surface area contributed by atoms with Crippen LogP contribution < -0.4 is 4.90 Å². The van der Waals surface area contributed by atoms with Crippen LogP contribution in [0.25, 0.3) is 10.1 Å². The lowest BCUT2D eigenvalue weighted by Crippen LogP contribution is -3.14. The van der Waals surface area contributed by atoms with Gasteiger partial charge in [0.2, 0.25) is 0 Å². The largest absolute Gasteiger partial charge is 0.329 e. The summed E-state index contributed by atoms with van der Waals surface area (Å²) in [5.41, 5.74) is 0.859. The van der Waals surface area contributed by atoms with Gasteiger partial charge < -0.3 is 9.80 Å². The summed E-state index contributed by atoms with van der Waals surface area (Å²) in [4.78, 5) is 16.1. The van der Waals surface area contributed by atoms with Gasteiger partial charge in [0, 0.05) is 15.5 Å². The molecule has 104 valence electrons. The van der Waals surface area contributed by atoms with Crippen LogP contribution in [0.15, 0.2) is 42.3 Å². The van der Waals surface area contributed by atoms with Gasteiger partial charge >= 0.3 is 0 Å². The average molecular weight is 287 g/mol. The van der Waals surface area contributed by atoms with Gasteiger partial charge in [-0.15, -0.1) is 11.3 Å². The number of rotatable bonds is 3. The lowest BCUT2D eigenvalue weighted by atomic mass is 10.1. The minimum atomic E-state index is 0.181. The van der Waals surface area contributed by atoms with Crippen LogP contribution in [0.5, 0.6) is 0 Å². The van der Waals surface area contributed by atoms with Crippen LogP contribution in [0.3, 0.4) is 0 Å². The smallest absolute Gasteiger partial charge is 0.255 e. The summed E-state index contributed by atoms with van der Waals surface area (Å²) >= 11 is 1.65. The highest BCUT2D eigenvalue weighted by Crippen LogP contribution is 2.26. The first-order valence-corrected chi connectivity index (χ1v) is 7.87. The van der Waals surface area contributed by atoms with E-state index in [-0.39, 0.29) is 5.91 Å². The van der Waals surface area contributed by atoms with Crippen LogP contribution in [0, 0.1) is 0 Å². The van der Waals surface area contributed by atoms with E-state index in [0.717, 1.165) is 43.7 Å². The first-order chi connectivity index (χ1) is 9.79. The van der Waals surface area contributed by atoms with Crippen molar-refractivity contribution in [1.82, 2.24) is 4.90 Å². The van der Waals surface area contributed by atoms with Gasteiger partial charge in [0.05, 0.1) is 38.3 Å². The van der Waals surface area contributed by atoms with Crippen LogP contribution in [0.4, 0.5) is 0 Å². The van der Waals surface area contributed by atoms with Gasteiger partial charge in [0.15, 0.2) is 0 Å². The van der Waals surface area contributed by atoms with Crippen molar-refractivity contribution in [3.63, 3.8) is 0 Å². The number of quaternary nitrogens is 1. The predicted octanol–water partition coefficient (Wildman–Crippen LogP) is 1.43. The molecule has 0 bridgehead atoms. The summed E-state index contributed by atoms with van der Waals surface area (Å²) in [6, 6.07) is 8.13. The Balaban J connectivity index is 1.75. The van der Waals surface area contributed by atoms with Gasteiger partial charge in [-0.1, -0.05) is 24.8 Å². The predicted molar refractivity (Wildman–Crippen MR) is 83.5 cm³/mol. The molecule has 1 amide bonds. The standard InChI is InChI=1S/C16H18N2OS/c1-2-7-17-8-10-18(11-9-17)16(19)14-12-20-15-6-4-3-5-13(14)15/h2-6,12H,1,7-11H2/p+1. The molecule has 0 unspecified atom stereocenters. The molecule has 1 aromatic heterocycles. The number of thiophene rings is 1. The number of nitrogens with zero attached hydrogens (tertiary/aromatic N) is 1. The van der Waals surface area contributed by atoms with E-state index < -0.39 is 0 Å². The van der Waals surface area contributed by atoms with Gasteiger partial charge in [-0.2, -0.15) is 0 Å². The van der Waals surface area contributed by atoms with Crippen LogP contribution >= 0.6 is 11.3 Å². The van der Waals surface area contributed by atoms with Crippen molar-refractivity contribution in [2.24, 2.45) is 0 Å². The molecule has 1 aliphatic heterocycles. The summed E-state index contributed by atoms with van der Waals surface area (Å²) in [6.45, 7) is 8.48. The number of fused-ring (bicyclic) bond motifs is 1. The van der Waals surface area contributed by atoms with Crippen molar-refractivity contribution in [2.45, 2.75) is 0 Å². The molecule has 1 aromatic carbocycles. The normalized spacial score (nSPS) is 16.5. The van der Waals surface area contributed by atoms with Crippen LogP contribution in [0.1, 0.15) is 10.4 Å². The Kier molecular flexibility index (Phi) is 3.85. The average Bonchev–Trinajstić information content (AvgIpc) is 2.92. The van der Waals surface area contributed by atoms with Crippen molar-refractivity contribution in [2.75, 3.05) is 32.7 Å². The van der Waals surface area contributed by atoms with E-state index in [1.165, 1.54) is 9.60 Å². The molecule has 0 radical (unpaired) electrons. The van der Waals surface area contributed by atoms with E-state index in [0.29, 0.717) is 0 Å². The van der Waals surface area contributed by atoms with Crippen molar-refractivity contribution in [3.05, 3.63) is 47.9 Å². The summed E-state index contributed by atoms with van der Waals surface area (Å²) in [5.74, 6) is 0.181. The highest BCUT2D eigenvalue weighted by Gasteiger charge is 2.25. The summed E-state index contributed by atoms with van der Waals surface area (Å²) in [7, 11) is 0. The number of benzene rings is 1. The minimum Gasteiger partial charge on any atom is -0.329 e. The zero-order valence-corrected chi connectivity index (χ0v) is 12.3. The van der Waals surface area contributed by atoms with Crippen LogP contribution in [-0.2, 0) is 0 Å². The number of carbonyl (C=O) groups is 1. The fraction of sp³-hybridized carbons (Fsp3) is 0.312. The number of hydrogen-bond donors (Lipinski definition) is 1. The van der Waals surface area contributed by atoms with E-state index in [4.69, 9.17) is 0 Å². The molecule has 3 rings (SSSR count). The number of amides is 1. The van der Waals surface area contributed by atoms with Crippen molar-refractivity contribution < 1.29 is 9.69 Å². The molecule has 0 spiro atoms. The van der Waals surface area contributed by atoms with Gasteiger partial charge in [-0.05, 0) is 12.1 Å². The van der Waals surface area contributed by atoms with Crippen LogP contribution in [-0.4, -0.2) is 43.5 Å². The molecule has 1 fully saturated rings. The Morgan fingerprint density at radius 3 is 2.85 bits per heavy atom. The molecule has 1 saturated heterocycles. The molecule has 2 aromatic rings. The Morgan fingerprint density at radius 2 is 2.10 bits per heavy atom. The molecular weight excluding hydrogens is 268 g/mol. The fourth-order valence-corrected chi connectivity index (χ4v) is 3.68. The highest BCUT2D eigenvalue weighted by molar-refractivity contribution is 7.17. The van der Waals surface area contributed by atoms with Crippen LogP contribution in [0.2, 0.25) is 0 Å². The zero-order chi connectivity index (χ0) is 13.9. The highest BCUT2D eigenvalue weighted by atomic mass is 32.1. The molecule has 0 saturated carbocycles. The third-order valence-corrected chi connectivity index (χ3v) is 4.87. The number of nitrogens with one attached hydrogen (secondary N) is 1. The lowest BCUT2D eigenvalue weighted by Gasteiger charge is -2.31. The van der Waals surface area contributed by atoms with Gasteiger partial charge in [0.25, 0.3) is 5.91 Å². The Labute approximate surface area is 123 Å². The second-order valence-electron chi connectivity index (χ2n) is 5.18. The van der Waals surface area contributed by atoms with Gasteiger partial charge in [-0.3, -0.25) is 4.79 Å². The van der Waals surface area contributed by atoms with E-state index in [1.807, 2.05) is 34.6 Å². The summed E-state index contributed by atoms with van der Waals surface area (Å²) in [5, 5.41) is 3.08. The second-order valence-corrected chi connectivity index (χ2v) is 6.09. The molecule has 0 aliphatic carbocycles. The van der Waals surface area contributed by atoms with Crippen molar-refractivity contribution in [1.29, 1.82) is 0 Å². The molecule has 20 heavy (non-hydrogen) atoms. The van der Waals surface area contributed by atoms with Crippen molar-refractivity contribution in [3.8, 4) is 0 Å². The molecule has 1 aliphatic rings. The third kappa shape index (κ3) is 2.49. The Hall–Kier alpha value is -1.65. The number of piperazine rings is 1. The first kappa shape index (κ1) is 13.3. The first-order valence-electron chi connectivity index (χ1n) is 6.99. The summed E-state index contributed by atoms with van der Waals surface area (Å²) < 4.78 is 1.19. The molecule has 3 nitrogen and oxygen atoms in total. The maximum atomic E-state index is 12.6. The van der Waals surface area contributed by atoms with E-state index in [1.54, 1.807) is 11.3 Å².